The van der Waals surface area contributed by atoms with Gasteiger partial charge < -0.3 is 9.84 Å². The molecule has 2 atom stereocenters. The van der Waals surface area contributed by atoms with Crippen molar-refractivity contribution in [3.05, 3.63) is 36.0 Å². The van der Waals surface area contributed by atoms with Crippen molar-refractivity contribution in [2.75, 3.05) is 11.5 Å². The van der Waals surface area contributed by atoms with E-state index in [0.717, 1.165) is 6.20 Å². The van der Waals surface area contributed by atoms with Gasteiger partial charge in [-0.25, -0.2) is 22.2 Å². The van der Waals surface area contributed by atoms with Gasteiger partial charge in [-0.05, 0) is 26.8 Å². The topological polar surface area (TPSA) is 124 Å². The van der Waals surface area contributed by atoms with Crippen molar-refractivity contribution >= 4 is 26.5 Å². The monoisotopic (exact) mass is 522 g/mol. The van der Waals surface area contributed by atoms with Gasteiger partial charge >= 0.3 is 0 Å². The predicted octanol–water partition coefficient (Wildman–Crippen LogP) is 3.67. The molecule has 0 aliphatic carbocycles. The Kier molecular flexibility index (Phi) is 6.40. The molecule has 0 aromatic carbocycles. The second-order valence-electron chi connectivity index (χ2n) is 10.3. The minimum atomic E-state index is -3.12. The molecule has 1 unspecified atom stereocenters. The SMILES string of the molecule is CC(F)Oc1cc(-c2nn([C@@H](C)C(C)(C)O)c3cc(C(=O)CC4(C)CS(=O)(=O)C4)ncc23)c(F)cn1. The number of rotatable bonds is 8. The van der Waals surface area contributed by atoms with Crippen LogP contribution in [0.1, 0.15) is 57.6 Å². The van der Waals surface area contributed by atoms with E-state index in [2.05, 4.69) is 15.1 Å². The molecule has 0 bridgehead atoms. The number of aliphatic hydroxyl groups is 1. The van der Waals surface area contributed by atoms with Gasteiger partial charge in [0.1, 0.15) is 11.4 Å². The number of carbonyl (C=O) groups excluding carboxylic acids is 1. The molecule has 36 heavy (non-hydrogen) atoms. The number of ether oxygens (including phenoxy) is 1. The van der Waals surface area contributed by atoms with Crippen molar-refractivity contribution in [3.8, 4) is 17.1 Å². The number of hydrogen-bond donors (Lipinski definition) is 1. The minimum absolute atomic E-state index is 0.00781. The van der Waals surface area contributed by atoms with Crippen LogP contribution in [0.5, 0.6) is 5.88 Å². The standard InChI is InChI=1S/C24H28F2N4O5S/c1-13(23(3,4)32)30-19-7-18(20(31)8-24(5)11-36(33,34)12-24)27-9-16(19)22(29-30)15-6-21(35-14(2)25)28-10-17(15)26/h6-7,9-10,13-14,32H,8,11-12H2,1-5H3/t13-,14?/m0/s1. The summed E-state index contributed by atoms with van der Waals surface area (Å²) in [7, 11) is -3.12. The number of hydrogen-bond acceptors (Lipinski definition) is 8. The molecule has 0 spiro atoms. The van der Waals surface area contributed by atoms with Crippen LogP contribution in [-0.4, -0.2) is 62.5 Å². The Morgan fingerprint density at radius 3 is 2.50 bits per heavy atom. The average molecular weight is 523 g/mol. The Morgan fingerprint density at radius 2 is 1.92 bits per heavy atom. The fourth-order valence-electron chi connectivity index (χ4n) is 4.41. The molecule has 9 nitrogen and oxygen atoms in total. The van der Waals surface area contributed by atoms with Gasteiger partial charge in [-0.1, -0.05) is 6.92 Å². The van der Waals surface area contributed by atoms with Gasteiger partial charge in [0.2, 0.25) is 12.2 Å². The van der Waals surface area contributed by atoms with Crippen LogP contribution in [0, 0.1) is 11.2 Å². The van der Waals surface area contributed by atoms with E-state index in [1.54, 1.807) is 27.7 Å². The molecule has 3 aromatic heterocycles. The smallest absolute Gasteiger partial charge is 0.237 e. The first-order valence-electron chi connectivity index (χ1n) is 11.4. The highest BCUT2D eigenvalue weighted by Crippen LogP contribution is 2.38. The van der Waals surface area contributed by atoms with E-state index < -0.39 is 39.1 Å². The summed E-state index contributed by atoms with van der Waals surface area (Å²) in [6, 6.07) is 2.14. The van der Waals surface area contributed by atoms with Crippen LogP contribution in [0.3, 0.4) is 0 Å². The maximum Gasteiger partial charge on any atom is 0.237 e. The number of alkyl halides is 1. The average Bonchev–Trinajstić information content (AvgIpc) is 3.10. The molecular formula is C24H28F2N4O5S. The number of ketones is 1. The van der Waals surface area contributed by atoms with Crippen molar-refractivity contribution in [1.82, 2.24) is 19.7 Å². The van der Waals surface area contributed by atoms with E-state index in [1.807, 2.05) is 0 Å². The van der Waals surface area contributed by atoms with Crippen LogP contribution in [-0.2, 0) is 9.84 Å². The van der Waals surface area contributed by atoms with Gasteiger partial charge in [0.05, 0.1) is 34.9 Å². The maximum absolute atomic E-state index is 14.8. The van der Waals surface area contributed by atoms with E-state index in [4.69, 9.17) is 4.74 Å². The van der Waals surface area contributed by atoms with Crippen LogP contribution < -0.4 is 4.74 Å². The summed E-state index contributed by atoms with van der Waals surface area (Å²) in [5.74, 6) is -1.31. The molecule has 4 rings (SSSR count). The maximum atomic E-state index is 14.8. The molecule has 0 amide bonds. The summed E-state index contributed by atoms with van der Waals surface area (Å²) in [5.41, 5.74) is -1.22. The Balaban J connectivity index is 1.82. The third-order valence-corrected chi connectivity index (χ3v) is 8.63. The molecule has 1 aliphatic rings. The van der Waals surface area contributed by atoms with Crippen LogP contribution in [0.15, 0.2) is 24.5 Å². The second kappa shape index (κ2) is 8.84. The highest BCUT2D eigenvalue weighted by molar-refractivity contribution is 7.92. The minimum Gasteiger partial charge on any atom is -0.444 e. The van der Waals surface area contributed by atoms with Crippen molar-refractivity contribution in [1.29, 1.82) is 0 Å². The van der Waals surface area contributed by atoms with E-state index in [-0.39, 0.29) is 46.5 Å². The molecule has 1 fully saturated rings. The van der Waals surface area contributed by atoms with Crippen molar-refractivity contribution in [2.45, 2.75) is 59.0 Å². The second-order valence-corrected chi connectivity index (χ2v) is 12.4. The van der Waals surface area contributed by atoms with Gasteiger partial charge in [-0.2, -0.15) is 5.10 Å². The van der Waals surface area contributed by atoms with Crippen LogP contribution in [0.4, 0.5) is 8.78 Å². The number of sulfone groups is 1. The Labute approximate surface area is 207 Å². The predicted molar refractivity (Wildman–Crippen MR) is 129 cm³/mol. The summed E-state index contributed by atoms with van der Waals surface area (Å²) in [5, 5.41) is 15.6. The number of nitrogens with zero attached hydrogens (tertiary/aromatic N) is 4. The van der Waals surface area contributed by atoms with E-state index in [1.165, 1.54) is 29.9 Å². The van der Waals surface area contributed by atoms with E-state index in [9.17, 15) is 27.1 Å². The first kappa shape index (κ1) is 26.1. The van der Waals surface area contributed by atoms with E-state index in [0.29, 0.717) is 10.9 Å². The highest BCUT2D eigenvalue weighted by Gasteiger charge is 2.46. The number of pyridine rings is 2. The lowest BCUT2D eigenvalue weighted by Crippen LogP contribution is -2.47. The van der Waals surface area contributed by atoms with Gasteiger partial charge in [0, 0.05) is 42.0 Å². The largest absolute Gasteiger partial charge is 0.444 e. The molecule has 0 saturated carbocycles. The number of aromatic nitrogens is 4. The third-order valence-electron chi connectivity index (χ3n) is 6.36. The zero-order valence-electron chi connectivity index (χ0n) is 20.6. The van der Waals surface area contributed by atoms with Gasteiger partial charge in [0.15, 0.2) is 21.4 Å². The summed E-state index contributed by atoms with van der Waals surface area (Å²) < 4.78 is 57.9. The number of Topliss-reactive ketones (excluding diaryl/α,β-unsaturated/α-hetero) is 1. The van der Waals surface area contributed by atoms with Gasteiger partial charge in [-0.3, -0.25) is 14.5 Å². The molecule has 194 valence electrons. The lowest BCUT2D eigenvalue weighted by molar-refractivity contribution is 0.0276. The van der Waals surface area contributed by atoms with Crippen molar-refractivity contribution in [3.63, 3.8) is 0 Å². The van der Waals surface area contributed by atoms with Gasteiger partial charge in [0.25, 0.3) is 0 Å². The lowest BCUT2D eigenvalue weighted by atomic mass is 9.87. The zero-order valence-corrected chi connectivity index (χ0v) is 21.4. The van der Waals surface area contributed by atoms with E-state index >= 15 is 0 Å². The molecule has 3 aromatic rings. The molecule has 1 N–H and O–H groups in total. The molecule has 12 heteroatoms. The Morgan fingerprint density at radius 1 is 1.25 bits per heavy atom. The molecule has 4 heterocycles. The zero-order chi connectivity index (χ0) is 26.6. The molecule has 1 aliphatic heterocycles. The van der Waals surface area contributed by atoms with Crippen molar-refractivity contribution < 1.29 is 31.8 Å². The fourth-order valence-corrected chi connectivity index (χ4v) is 6.65. The van der Waals surface area contributed by atoms with Crippen LogP contribution >= 0.6 is 0 Å². The molecular weight excluding hydrogens is 494 g/mol. The van der Waals surface area contributed by atoms with Crippen molar-refractivity contribution in [2.24, 2.45) is 5.41 Å². The first-order chi connectivity index (χ1) is 16.6. The fraction of sp³-hybridized carbons (Fsp3) is 0.500. The molecule has 0 radical (unpaired) electrons. The van der Waals surface area contributed by atoms with Gasteiger partial charge in [-0.15, -0.1) is 0 Å². The highest BCUT2D eigenvalue weighted by atomic mass is 32.2. The summed E-state index contributed by atoms with van der Waals surface area (Å²) in [6.07, 6.45) is 0.628. The lowest BCUT2D eigenvalue weighted by Gasteiger charge is -2.36. The molecule has 1 saturated heterocycles. The summed E-state index contributed by atoms with van der Waals surface area (Å²) in [6.45, 7) is 7.82. The summed E-state index contributed by atoms with van der Waals surface area (Å²) >= 11 is 0. The quantitative estimate of drug-likeness (QED) is 0.445. The Hall–Kier alpha value is -2.99. The number of fused-ring (bicyclic) bond motifs is 1. The Bertz CT molecular complexity index is 1430. The number of carbonyl (C=O) groups is 1. The number of halogens is 2. The summed E-state index contributed by atoms with van der Waals surface area (Å²) in [4.78, 5) is 21.0. The van der Waals surface area contributed by atoms with Crippen LogP contribution in [0.25, 0.3) is 22.2 Å². The third kappa shape index (κ3) is 5.10. The van der Waals surface area contributed by atoms with Crippen LogP contribution in [0.2, 0.25) is 0 Å². The normalized spacial score (nSPS) is 18.4. The first-order valence-corrected chi connectivity index (χ1v) is 13.2.